The van der Waals surface area contributed by atoms with Crippen LogP contribution in [-0.2, 0) is 11.3 Å². The van der Waals surface area contributed by atoms with E-state index in [1.807, 2.05) is 11.6 Å². The third-order valence-electron chi connectivity index (χ3n) is 6.38. The monoisotopic (exact) mass is 319 g/mol. The van der Waals surface area contributed by atoms with Crippen molar-refractivity contribution in [2.45, 2.75) is 58.0 Å². The molecule has 0 spiro atoms. The average Bonchev–Trinajstić information content (AvgIpc) is 2.82. The molecule has 1 aromatic rings. The Kier molecular flexibility index (Phi) is 3.44. The van der Waals surface area contributed by atoms with Gasteiger partial charge in [0.15, 0.2) is 4.80 Å². The van der Waals surface area contributed by atoms with Gasteiger partial charge in [-0.05, 0) is 68.6 Å². The molecule has 120 valence electrons. The fourth-order valence-electron chi connectivity index (χ4n) is 5.73. The highest BCUT2D eigenvalue weighted by molar-refractivity contribution is 7.06. The SMILES string of the molecule is C[C@H](NC(=O)Cn1ccsc1=N)C12CC3CC(CC(C3)C1)C2. The van der Waals surface area contributed by atoms with Gasteiger partial charge in [-0.1, -0.05) is 0 Å². The molecule has 1 aromatic heterocycles. The van der Waals surface area contributed by atoms with Gasteiger partial charge in [0, 0.05) is 17.6 Å². The molecule has 0 unspecified atom stereocenters. The Balaban J connectivity index is 1.43. The molecule has 0 aliphatic heterocycles. The summed E-state index contributed by atoms with van der Waals surface area (Å²) in [5.41, 5.74) is 0.355. The lowest BCUT2D eigenvalue weighted by Crippen LogP contribution is -2.56. The molecule has 4 aliphatic carbocycles. The van der Waals surface area contributed by atoms with E-state index in [1.165, 1.54) is 49.9 Å². The van der Waals surface area contributed by atoms with E-state index in [1.54, 1.807) is 4.57 Å². The highest BCUT2D eigenvalue weighted by Gasteiger charge is 2.53. The lowest BCUT2D eigenvalue weighted by atomic mass is 9.48. The zero-order chi connectivity index (χ0) is 15.3. The Morgan fingerprint density at radius 2 is 1.95 bits per heavy atom. The molecule has 4 nitrogen and oxygen atoms in total. The Bertz CT molecular complexity index is 597. The molecule has 22 heavy (non-hydrogen) atoms. The van der Waals surface area contributed by atoms with Crippen molar-refractivity contribution in [2.24, 2.45) is 23.2 Å². The number of aromatic nitrogens is 1. The van der Waals surface area contributed by atoms with Gasteiger partial charge in [0.2, 0.25) is 5.91 Å². The number of carbonyl (C=O) groups excluding carboxylic acids is 1. The van der Waals surface area contributed by atoms with Gasteiger partial charge >= 0.3 is 0 Å². The molecular weight excluding hydrogens is 294 g/mol. The van der Waals surface area contributed by atoms with Crippen molar-refractivity contribution in [3.05, 3.63) is 16.4 Å². The minimum atomic E-state index is 0.0557. The Morgan fingerprint density at radius 1 is 1.36 bits per heavy atom. The van der Waals surface area contributed by atoms with Crippen LogP contribution in [0.4, 0.5) is 0 Å². The third kappa shape index (κ3) is 2.43. The van der Waals surface area contributed by atoms with Gasteiger partial charge in [-0.25, -0.2) is 0 Å². The number of thiazole rings is 1. The van der Waals surface area contributed by atoms with Gasteiger partial charge in [0.25, 0.3) is 0 Å². The maximum absolute atomic E-state index is 12.4. The van der Waals surface area contributed by atoms with E-state index in [4.69, 9.17) is 5.41 Å². The zero-order valence-electron chi connectivity index (χ0n) is 13.2. The van der Waals surface area contributed by atoms with Crippen molar-refractivity contribution in [3.8, 4) is 0 Å². The molecule has 4 bridgehead atoms. The number of rotatable bonds is 4. The van der Waals surface area contributed by atoms with Crippen LogP contribution in [0.1, 0.15) is 45.4 Å². The minimum absolute atomic E-state index is 0.0557. The molecule has 5 heteroatoms. The van der Waals surface area contributed by atoms with Crippen LogP contribution in [0.15, 0.2) is 11.6 Å². The van der Waals surface area contributed by atoms with E-state index in [2.05, 4.69) is 12.2 Å². The lowest BCUT2D eigenvalue weighted by molar-refractivity contribution is -0.126. The fourth-order valence-corrected chi connectivity index (χ4v) is 6.33. The van der Waals surface area contributed by atoms with E-state index in [0.717, 1.165) is 17.8 Å². The van der Waals surface area contributed by atoms with Gasteiger partial charge in [0.05, 0.1) is 0 Å². The molecule has 1 amide bonds. The number of carbonyl (C=O) groups is 1. The van der Waals surface area contributed by atoms with Crippen molar-refractivity contribution in [2.75, 3.05) is 0 Å². The van der Waals surface area contributed by atoms with E-state index in [0.29, 0.717) is 10.2 Å². The third-order valence-corrected chi connectivity index (χ3v) is 7.09. The predicted molar refractivity (Wildman–Crippen MR) is 86.4 cm³/mol. The molecule has 5 rings (SSSR count). The van der Waals surface area contributed by atoms with Crippen LogP contribution in [0.25, 0.3) is 0 Å². The summed E-state index contributed by atoms with van der Waals surface area (Å²) in [6.07, 6.45) is 10.1. The first-order valence-corrected chi connectivity index (χ1v) is 9.40. The molecular formula is C17H25N3OS. The van der Waals surface area contributed by atoms with Crippen molar-refractivity contribution in [1.82, 2.24) is 9.88 Å². The maximum Gasteiger partial charge on any atom is 0.240 e. The van der Waals surface area contributed by atoms with Crippen LogP contribution in [0.3, 0.4) is 0 Å². The zero-order valence-corrected chi connectivity index (χ0v) is 14.0. The highest BCUT2D eigenvalue weighted by atomic mass is 32.1. The summed E-state index contributed by atoms with van der Waals surface area (Å²) in [5, 5.41) is 12.9. The van der Waals surface area contributed by atoms with Crippen molar-refractivity contribution >= 4 is 17.2 Å². The average molecular weight is 319 g/mol. The first kappa shape index (κ1) is 14.5. The molecule has 4 fully saturated rings. The summed E-state index contributed by atoms with van der Waals surface area (Å²) in [5.74, 6) is 2.80. The maximum atomic E-state index is 12.4. The quantitative estimate of drug-likeness (QED) is 0.881. The van der Waals surface area contributed by atoms with Crippen LogP contribution in [-0.4, -0.2) is 16.5 Å². The molecule has 4 aliphatic rings. The van der Waals surface area contributed by atoms with Gasteiger partial charge in [-0.15, -0.1) is 11.3 Å². The Hall–Kier alpha value is -1.10. The van der Waals surface area contributed by atoms with Crippen LogP contribution >= 0.6 is 11.3 Å². The van der Waals surface area contributed by atoms with Gasteiger partial charge in [-0.2, -0.15) is 0 Å². The predicted octanol–water partition coefficient (Wildman–Crippen LogP) is 2.75. The second-order valence-electron chi connectivity index (χ2n) is 7.91. The molecule has 1 atom stereocenters. The molecule has 0 aromatic carbocycles. The molecule has 2 N–H and O–H groups in total. The first-order valence-electron chi connectivity index (χ1n) is 8.52. The van der Waals surface area contributed by atoms with Crippen LogP contribution in [0.5, 0.6) is 0 Å². The number of amides is 1. The molecule has 0 saturated heterocycles. The fraction of sp³-hybridized carbons (Fsp3) is 0.765. The number of hydrogen-bond acceptors (Lipinski definition) is 3. The standard InChI is InChI=1S/C17H25N3OS/c1-11(19-15(21)10-20-2-3-22-16(20)18)17-7-12-4-13(8-17)6-14(5-12)9-17/h2-3,11-14,18H,4-10H2,1H3,(H,19,21)/t11-,12?,13?,14?,17?/m0/s1. The van der Waals surface area contributed by atoms with E-state index in [-0.39, 0.29) is 18.5 Å². The summed E-state index contributed by atoms with van der Waals surface area (Å²) < 4.78 is 1.71. The smallest absolute Gasteiger partial charge is 0.240 e. The van der Waals surface area contributed by atoms with Gasteiger partial charge in [-0.3, -0.25) is 10.2 Å². The summed E-state index contributed by atoms with van der Waals surface area (Å²) in [6.45, 7) is 2.49. The Morgan fingerprint density at radius 3 is 2.45 bits per heavy atom. The van der Waals surface area contributed by atoms with E-state index in [9.17, 15) is 4.79 Å². The van der Waals surface area contributed by atoms with Crippen molar-refractivity contribution < 1.29 is 4.79 Å². The summed E-state index contributed by atoms with van der Waals surface area (Å²) >= 11 is 1.36. The summed E-state index contributed by atoms with van der Waals surface area (Å²) in [7, 11) is 0. The lowest BCUT2D eigenvalue weighted by Gasteiger charge is -2.59. The first-order chi connectivity index (χ1) is 10.5. The highest BCUT2D eigenvalue weighted by Crippen LogP contribution is 2.61. The molecule has 4 saturated carbocycles. The van der Waals surface area contributed by atoms with Crippen molar-refractivity contribution in [1.29, 1.82) is 5.41 Å². The number of hydrogen-bond donors (Lipinski definition) is 2. The topological polar surface area (TPSA) is 57.9 Å². The second kappa shape index (κ2) is 5.22. The minimum Gasteiger partial charge on any atom is -0.352 e. The van der Waals surface area contributed by atoms with Gasteiger partial charge in [0.1, 0.15) is 6.54 Å². The van der Waals surface area contributed by atoms with Crippen LogP contribution in [0.2, 0.25) is 0 Å². The van der Waals surface area contributed by atoms with E-state index >= 15 is 0 Å². The number of nitrogens with zero attached hydrogens (tertiary/aromatic N) is 1. The van der Waals surface area contributed by atoms with Crippen LogP contribution < -0.4 is 10.1 Å². The van der Waals surface area contributed by atoms with Gasteiger partial charge < -0.3 is 9.88 Å². The largest absolute Gasteiger partial charge is 0.352 e. The number of nitrogens with one attached hydrogen (secondary N) is 2. The van der Waals surface area contributed by atoms with Crippen LogP contribution in [0, 0.1) is 28.6 Å². The summed E-state index contributed by atoms with van der Waals surface area (Å²) in [4.78, 5) is 12.8. The molecule has 0 radical (unpaired) electrons. The molecule has 1 heterocycles. The Labute approximate surface area is 135 Å². The van der Waals surface area contributed by atoms with E-state index < -0.39 is 0 Å². The normalized spacial score (nSPS) is 37.2. The van der Waals surface area contributed by atoms with Crippen molar-refractivity contribution in [3.63, 3.8) is 0 Å². The second-order valence-corrected chi connectivity index (χ2v) is 8.80. The summed E-state index contributed by atoms with van der Waals surface area (Å²) in [6, 6.07) is 0.266.